The molecule has 1 aliphatic rings. The Morgan fingerprint density at radius 2 is 1.88 bits per heavy atom. The van der Waals surface area contributed by atoms with E-state index in [9.17, 15) is 18.0 Å². The Balaban J connectivity index is 1.51. The van der Waals surface area contributed by atoms with Gasteiger partial charge in [0.1, 0.15) is 0 Å². The molecule has 1 fully saturated rings. The molecule has 0 radical (unpaired) electrons. The minimum absolute atomic E-state index is 0.356. The number of amides is 1. The van der Waals surface area contributed by atoms with Crippen molar-refractivity contribution in [3.8, 4) is 0 Å². The van der Waals surface area contributed by atoms with Crippen molar-refractivity contribution in [2.45, 2.75) is 32.4 Å². The van der Waals surface area contributed by atoms with Gasteiger partial charge in [-0.05, 0) is 60.9 Å². The van der Waals surface area contributed by atoms with E-state index in [0.29, 0.717) is 11.3 Å². The fourth-order valence-electron chi connectivity index (χ4n) is 3.68. The quantitative estimate of drug-likeness (QED) is 0.474. The van der Waals surface area contributed by atoms with E-state index in [2.05, 4.69) is 23.2 Å². The summed E-state index contributed by atoms with van der Waals surface area (Å²) in [7, 11) is 0. The molecule has 1 saturated heterocycles. The number of rotatable bonds is 6. The van der Waals surface area contributed by atoms with Gasteiger partial charge < -0.3 is 10.2 Å². The number of anilines is 2. The summed E-state index contributed by atoms with van der Waals surface area (Å²) in [4.78, 5) is 19.4. The molecule has 2 heterocycles. The molecule has 4 rings (SSSR count). The third-order valence-electron chi connectivity index (χ3n) is 5.48. The monoisotopic (exact) mass is 439 g/mol. The number of halogens is 3. The summed E-state index contributed by atoms with van der Waals surface area (Å²) in [6.45, 7) is 4.15. The number of aryl methyl sites for hydroxylation is 1. The number of alkyl halides is 3. The van der Waals surface area contributed by atoms with Crippen LogP contribution in [-0.4, -0.2) is 24.0 Å². The summed E-state index contributed by atoms with van der Waals surface area (Å²) in [5.74, 6) is -0.356. The first-order chi connectivity index (χ1) is 15.3. The van der Waals surface area contributed by atoms with Gasteiger partial charge in [0.2, 0.25) is 5.91 Å². The van der Waals surface area contributed by atoms with E-state index in [1.165, 1.54) is 24.3 Å². The van der Waals surface area contributed by atoms with Gasteiger partial charge >= 0.3 is 6.18 Å². The minimum atomic E-state index is -4.38. The summed E-state index contributed by atoms with van der Waals surface area (Å²) in [5.41, 5.74) is 3.55. The SMILES string of the molecule is CCCc1cc(N2CCC2)c2cc(NC(=O)C=Cc3ccc(C(F)(F)F)cc3)ccc2n1. The number of fused-ring (bicyclic) bond motifs is 1. The third kappa shape index (κ3) is 4.93. The second-order valence-electron chi connectivity index (χ2n) is 7.90. The van der Waals surface area contributed by atoms with E-state index in [0.717, 1.165) is 66.8 Å². The van der Waals surface area contributed by atoms with Gasteiger partial charge in [-0.1, -0.05) is 25.5 Å². The smallest absolute Gasteiger partial charge is 0.371 e. The van der Waals surface area contributed by atoms with Crippen LogP contribution in [0.4, 0.5) is 24.5 Å². The number of carbonyl (C=O) groups is 1. The highest BCUT2D eigenvalue weighted by molar-refractivity contribution is 6.04. The lowest BCUT2D eigenvalue weighted by molar-refractivity contribution is -0.137. The van der Waals surface area contributed by atoms with Crippen LogP contribution in [0.5, 0.6) is 0 Å². The lowest BCUT2D eigenvalue weighted by atomic mass is 10.1. The fraction of sp³-hybridized carbons (Fsp3) is 0.280. The molecule has 4 nitrogen and oxygen atoms in total. The van der Waals surface area contributed by atoms with Crippen LogP contribution < -0.4 is 10.2 Å². The summed E-state index contributed by atoms with van der Waals surface area (Å²) in [6.07, 6.45) is 1.53. The van der Waals surface area contributed by atoms with Crippen LogP contribution in [0.2, 0.25) is 0 Å². The number of nitrogens with zero attached hydrogens (tertiary/aromatic N) is 2. The molecule has 1 aromatic heterocycles. The highest BCUT2D eigenvalue weighted by Gasteiger charge is 2.29. The summed E-state index contributed by atoms with van der Waals surface area (Å²) >= 11 is 0. The molecule has 3 aromatic rings. The van der Waals surface area contributed by atoms with E-state index >= 15 is 0 Å². The molecule has 0 bridgehead atoms. The third-order valence-corrected chi connectivity index (χ3v) is 5.48. The van der Waals surface area contributed by atoms with Crippen LogP contribution in [0, 0.1) is 0 Å². The highest BCUT2D eigenvalue weighted by atomic mass is 19.4. The molecule has 2 aromatic carbocycles. The van der Waals surface area contributed by atoms with E-state index in [-0.39, 0.29) is 5.91 Å². The Morgan fingerprint density at radius 1 is 1.12 bits per heavy atom. The average molecular weight is 439 g/mol. The molecular formula is C25H24F3N3O. The maximum atomic E-state index is 12.7. The maximum Gasteiger partial charge on any atom is 0.416 e. The summed E-state index contributed by atoms with van der Waals surface area (Å²) in [6, 6.07) is 12.5. The molecule has 1 amide bonds. The molecule has 0 spiro atoms. The Labute approximate surface area is 184 Å². The zero-order valence-corrected chi connectivity index (χ0v) is 17.7. The Bertz CT molecular complexity index is 1150. The highest BCUT2D eigenvalue weighted by Crippen LogP contribution is 2.32. The van der Waals surface area contributed by atoms with Gasteiger partial charge in [0.15, 0.2) is 0 Å². The van der Waals surface area contributed by atoms with Gasteiger partial charge in [-0.15, -0.1) is 0 Å². The van der Waals surface area contributed by atoms with Gasteiger partial charge in [0.25, 0.3) is 0 Å². The summed E-state index contributed by atoms with van der Waals surface area (Å²) in [5, 5.41) is 3.82. The van der Waals surface area contributed by atoms with Crippen molar-refractivity contribution in [1.29, 1.82) is 0 Å². The van der Waals surface area contributed by atoms with Gasteiger partial charge in [-0.3, -0.25) is 9.78 Å². The van der Waals surface area contributed by atoms with Gasteiger partial charge in [0, 0.05) is 41.6 Å². The minimum Gasteiger partial charge on any atom is -0.371 e. The molecule has 0 aliphatic carbocycles. The van der Waals surface area contributed by atoms with E-state index in [4.69, 9.17) is 4.98 Å². The number of hydrogen-bond acceptors (Lipinski definition) is 3. The molecule has 166 valence electrons. The van der Waals surface area contributed by atoms with Crippen molar-refractivity contribution < 1.29 is 18.0 Å². The lowest BCUT2D eigenvalue weighted by Gasteiger charge is -2.34. The van der Waals surface area contributed by atoms with Crippen molar-refractivity contribution in [2.24, 2.45) is 0 Å². The first-order valence-electron chi connectivity index (χ1n) is 10.7. The zero-order valence-electron chi connectivity index (χ0n) is 17.7. The predicted octanol–water partition coefficient (Wildman–Crippen LogP) is 6.07. The van der Waals surface area contributed by atoms with E-state index < -0.39 is 11.7 Å². The van der Waals surface area contributed by atoms with Crippen molar-refractivity contribution in [3.63, 3.8) is 0 Å². The van der Waals surface area contributed by atoms with Crippen LogP contribution in [0.25, 0.3) is 17.0 Å². The van der Waals surface area contributed by atoms with Crippen LogP contribution >= 0.6 is 0 Å². The molecular weight excluding hydrogens is 415 g/mol. The molecule has 1 aliphatic heterocycles. The van der Waals surface area contributed by atoms with Gasteiger partial charge in [-0.25, -0.2) is 0 Å². The Morgan fingerprint density at radius 3 is 2.50 bits per heavy atom. The van der Waals surface area contributed by atoms with Crippen molar-refractivity contribution >= 4 is 34.3 Å². The maximum absolute atomic E-state index is 12.7. The van der Waals surface area contributed by atoms with E-state index in [1.807, 2.05) is 18.2 Å². The molecule has 0 saturated carbocycles. The number of hydrogen-bond donors (Lipinski definition) is 1. The Kier molecular flexibility index (Phi) is 6.17. The van der Waals surface area contributed by atoms with Crippen LogP contribution in [0.1, 0.15) is 36.6 Å². The molecule has 32 heavy (non-hydrogen) atoms. The lowest BCUT2D eigenvalue weighted by Crippen LogP contribution is -2.37. The number of benzene rings is 2. The van der Waals surface area contributed by atoms with E-state index in [1.54, 1.807) is 0 Å². The van der Waals surface area contributed by atoms with Crippen LogP contribution in [0.3, 0.4) is 0 Å². The molecule has 1 N–H and O–H groups in total. The first-order valence-corrected chi connectivity index (χ1v) is 10.7. The molecule has 7 heteroatoms. The number of carbonyl (C=O) groups excluding carboxylic acids is 1. The normalized spacial score (nSPS) is 14.1. The summed E-state index contributed by atoms with van der Waals surface area (Å²) < 4.78 is 38.0. The second kappa shape index (κ2) is 9.02. The van der Waals surface area contributed by atoms with Crippen molar-refractivity contribution in [2.75, 3.05) is 23.3 Å². The molecule has 0 unspecified atom stereocenters. The second-order valence-corrected chi connectivity index (χ2v) is 7.90. The van der Waals surface area contributed by atoms with Crippen molar-refractivity contribution in [1.82, 2.24) is 4.98 Å². The van der Waals surface area contributed by atoms with Crippen LogP contribution in [-0.2, 0) is 17.4 Å². The zero-order chi connectivity index (χ0) is 22.7. The topological polar surface area (TPSA) is 45.2 Å². The van der Waals surface area contributed by atoms with Crippen LogP contribution in [0.15, 0.2) is 54.6 Å². The van der Waals surface area contributed by atoms with Gasteiger partial charge in [0.05, 0.1) is 11.1 Å². The Hall–Kier alpha value is -3.35. The fourth-order valence-corrected chi connectivity index (χ4v) is 3.68. The van der Waals surface area contributed by atoms with Gasteiger partial charge in [-0.2, -0.15) is 13.2 Å². The number of aromatic nitrogens is 1. The predicted molar refractivity (Wildman–Crippen MR) is 122 cm³/mol. The average Bonchev–Trinajstić information content (AvgIpc) is 2.71. The molecule has 0 atom stereocenters. The number of pyridine rings is 1. The largest absolute Gasteiger partial charge is 0.416 e. The van der Waals surface area contributed by atoms with Crippen molar-refractivity contribution in [3.05, 3.63) is 71.4 Å². The first kappa shape index (κ1) is 21.9. The standard InChI is InChI=1S/C25H24F3N3O/c1-2-4-19-16-23(31-13-3-14-31)21-15-20(10-11-22(21)29-19)30-24(32)12-7-17-5-8-18(9-6-17)25(26,27)28/h5-12,15-16H,2-4,13-14H2,1H3,(H,30,32). The number of nitrogens with one attached hydrogen (secondary N) is 1.